The summed E-state index contributed by atoms with van der Waals surface area (Å²) in [5.41, 5.74) is 2.29. The first-order chi connectivity index (χ1) is 11.9. The smallest absolute Gasteiger partial charge is 0.308 e. The summed E-state index contributed by atoms with van der Waals surface area (Å²) in [6.45, 7) is 2.81. The van der Waals surface area contributed by atoms with Crippen molar-refractivity contribution < 1.29 is 19.5 Å². The molecule has 136 valence electrons. The van der Waals surface area contributed by atoms with Gasteiger partial charge in [-0.15, -0.1) is 0 Å². The van der Waals surface area contributed by atoms with Crippen LogP contribution in [-0.4, -0.2) is 59.4 Å². The van der Waals surface area contributed by atoms with E-state index in [1.165, 1.54) is 4.90 Å². The molecule has 1 unspecified atom stereocenters. The average Bonchev–Trinajstić information content (AvgIpc) is 2.60. The van der Waals surface area contributed by atoms with Crippen molar-refractivity contribution in [1.82, 2.24) is 9.80 Å². The number of aryl methyl sites for hydroxylation is 2. The van der Waals surface area contributed by atoms with Crippen LogP contribution in [0.5, 0.6) is 0 Å². The highest BCUT2D eigenvalue weighted by Crippen LogP contribution is 2.17. The number of likely N-dealkylation sites (N-methyl/N-ethyl adjacent to an activating group) is 1. The predicted octanol–water partition coefficient (Wildman–Crippen LogP) is 1.71. The molecule has 0 bridgehead atoms. The van der Waals surface area contributed by atoms with E-state index in [1.54, 1.807) is 11.9 Å². The normalized spacial score (nSPS) is 17.2. The van der Waals surface area contributed by atoms with Crippen LogP contribution in [0.2, 0.25) is 0 Å². The Kier molecular flexibility index (Phi) is 6.56. The number of carboxylic acids is 1. The minimum absolute atomic E-state index is 0.00105. The molecule has 0 aromatic heterocycles. The highest BCUT2D eigenvalue weighted by molar-refractivity contribution is 5.85. The Morgan fingerprint density at radius 2 is 2.00 bits per heavy atom. The second-order valence-corrected chi connectivity index (χ2v) is 6.69. The van der Waals surface area contributed by atoms with Crippen LogP contribution in [0.25, 0.3) is 0 Å². The topological polar surface area (TPSA) is 77.9 Å². The van der Waals surface area contributed by atoms with E-state index < -0.39 is 11.9 Å². The Morgan fingerprint density at radius 1 is 1.28 bits per heavy atom. The Labute approximate surface area is 148 Å². The number of rotatable bonds is 6. The summed E-state index contributed by atoms with van der Waals surface area (Å²) in [6.07, 6.45) is 2.29. The van der Waals surface area contributed by atoms with Gasteiger partial charge in [-0.3, -0.25) is 14.4 Å². The zero-order valence-electron chi connectivity index (χ0n) is 14.9. The van der Waals surface area contributed by atoms with Gasteiger partial charge >= 0.3 is 5.97 Å². The summed E-state index contributed by atoms with van der Waals surface area (Å²) >= 11 is 0. The Bertz CT molecular complexity index is 644. The van der Waals surface area contributed by atoms with Gasteiger partial charge in [0.2, 0.25) is 11.8 Å². The second kappa shape index (κ2) is 8.65. The number of carbonyl (C=O) groups is 3. The van der Waals surface area contributed by atoms with Crippen molar-refractivity contribution in [3.63, 3.8) is 0 Å². The van der Waals surface area contributed by atoms with Gasteiger partial charge in [0, 0.05) is 26.6 Å². The maximum absolute atomic E-state index is 12.3. The van der Waals surface area contributed by atoms with E-state index in [2.05, 4.69) is 0 Å². The molecular weight excluding hydrogens is 320 g/mol. The van der Waals surface area contributed by atoms with Gasteiger partial charge in [-0.25, -0.2) is 0 Å². The molecule has 1 aromatic rings. The third-order valence-corrected chi connectivity index (χ3v) is 4.79. The molecule has 1 heterocycles. The van der Waals surface area contributed by atoms with Gasteiger partial charge in [-0.05, 0) is 37.3 Å². The van der Waals surface area contributed by atoms with Crippen molar-refractivity contribution in [3.05, 3.63) is 35.4 Å². The number of carbonyl (C=O) groups excluding carboxylic acids is 2. The van der Waals surface area contributed by atoms with Crippen molar-refractivity contribution in [2.45, 2.75) is 32.6 Å². The average molecular weight is 346 g/mol. The van der Waals surface area contributed by atoms with Gasteiger partial charge in [0.1, 0.15) is 0 Å². The van der Waals surface area contributed by atoms with E-state index in [4.69, 9.17) is 5.11 Å². The first-order valence-corrected chi connectivity index (χ1v) is 8.67. The largest absolute Gasteiger partial charge is 0.481 e. The van der Waals surface area contributed by atoms with Crippen LogP contribution in [0.3, 0.4) is 0 Å². The molecule has 1 N–H and O–H groups in total. The molecule has 2 rings (SSSR count). The molecule has 0 aliphatic carbocycles. The molecule has 1 saturated heterocycles. The molecule has 1 aliphatic rings. The minimum Gasteiger partial charge on any atom is -0.481 e. The number of nitrogens with zero attached hydrogens (tertiary/aromatic N) is 2. The number of aliphatic carboxylic acids is 1. The minimum atomic E-state index is -0.861. The van der Waals surface area contributed by atoms with Crippen molar-refractivity contribution in [2.75, 3.05) is 26.7 Å². The summed E-state index contributed by atoms with van der Waals surface area (Å²) in [4.78, 5) is 38.7. The molecule has 0 saturated carbocycles. The number of benzene rings is 1. The SMILES string of the molecule is Cc1ccccc1CCC(=O)N(C)CC(=O)N1CCCC(C(=O)O)C1. The lowest BCUT2D eigenvalue weighted by atomic mass is 9.98. The number of piperidine rings is 1. The van der Waals surface area contributed by atoms with Crippen molar-refractivity contribution in [2.24, 2.45) is 5.92 Å². The number of hydrogen-bond donors (Lipinski definition) is 1. The predicted molar refractivity (Wildman–Crippen MR) is 94.1 cm³/mol. The molecule has 2 amide bonds. The fourth-order valence-electron chi connectivity index (χ4n) is 3.12. The van der Waals surface area contributed by atoms with Crippen LogP contribution in [-0.2, 0) is 20.8 Å². The van der Waals surface area contributed by atoms with Crippen LogP contribution in [0.1, 0.15) is 30.4 Å². The van der Waals surface area contributed by atoms with Crippen LogP contribution < -0.4 is 0 Å². The van der Waals surface area contributed by atoms with Gasteiger partial charge < -0.3 is 14.9 Å². The maximum Gasteiger partial charge on any atom is 0.308 e. The van der Waals surface area contributed by atoms with Crippen molar-refractivity contribution >= 4 is 17.8 Å². The van der Waals surface area contributed by atoms with Crippen molar-refractivity contribution in [1.29, 1.82) is 0 Å². The lowest BCUT2D eigenvalue weighted by molar-refractivity contribution is -0.147. The van der Waals surface area contributed by atoms with Gasteiger partial charge in [-0.2, -0.15) is 0 Å². The molecular formula is C19H26N2O4. The molecule has 1 fully saturated rings. The molecule has 0 spiro atoms. The molecule has 6 nitrogen and oxygen atoms in total. The summed E-state index contributed by atoms with van der Waals surface area (Å²) < 4.78 is 0. The first kappa shape index (κ1) is 19.0. The Hall–Kier alpha value is -2.37. The van der Waals surface area contributed by atoms with Gasteiger partial charge in [0.15, 0.2) is 0 Å². The van der Waals surface area contributed by atoms with Gasteiger partial charge in [0.25, 0.3) is 0 Å². The van der Waals surface area contributed by atoms with Crippen LogP contribution >= 0.6 is 0 Å². The lowest BCUT2D eigenvalue weighted by Crippen LogP contribution is -2.46. The Morgan fingerprint density at radius 3 is 2.68 bits per heavy atom. The van der Waals surface area contributed by atoms with Crippen LogP contribution in [0.4, 0.5) is 0 Å². The first-order valence-electron chi connectivity index (χ1n) is 8.67. The summed E-state index contributed by atoms with van der Waals surface area (Å²) in [6, 6.07) is 7.94. The summed E-state index contributed by atoms with van der Waals surface area (Å²) in [5, 5.41) is 9.11. The second-order valence-electron chi connectivity index (χ2n) is 6.69. The number of carboxylic acid groups (broad SMARTS) is 1. The molecule has 6 heteroatoms. The van der Waals surface area contributed by atoms with Crippen LogP contribution in [0, 0.1) is 12.8 Å². The highest BCUT2D eigenvalue weighted by atomic mass is 16.4. The van der Waals surface area contributed by atoms with Crippen molar-refractivity contribution in [3.8, 4) is 0 Å². The van der Waals surface area contributed by atoms with Crippen LogP contribution in [0.15, 0.2) is 24.3 Å². The molecule has 1 aliphatic heterocycles. The number of hydrogen-bond acceptors (Lipinski definition) is 3. The fourth-order valence-corrected chi connectivity index (χ4v) is 3.12. The highest BCUT2D eigenvalue weighted by Gasteiger charge is 2.28. The molecule has 25 heavy (non-hydrogen) atoms. The zero-order valence-corrected chi connectivity index (χ0v) is 14.9. The standard InChI is InChI=1S/C19H26N2O4/c1-14-6-3-4-7-15(14)9-10-17(22)20(2)13-18(23)21-11-5-8-16(12-21)19(24)25/h3-4,6-7,16H,5,8-13H2,1-2H3,(H,24,25). The lowest BCUT2D eigenvalue weighted by Gasteiger charge is -2.32. The maximum atomic E-state index is 12.3. The van der Waals surface area contributed by atoms with E-state index in [0.29, 0.717) is 32.2 Å². The summed E-state index contributed by atoms with van der Waals surface area (Å²) in [5.74, 6) is -1.62. The zero-order chi connectivity index (χ0) is 18.4. The number of likely N-dealkylation sites (tertiary alicyclic amines) is 1. The fraction of sp³-hybridized carbons (Fsp3) is 0.526. The van der Waals surface area contributed by atoms with E-state index in [-0.39, 0.29) is 24.9 Å². The van der Waals surface area contributed by atoms with E-state index >= 15 is 0 Å². The monoisotopic (exact) mass is 346 g/mol. The van der Waals surface area contributed by atoms with E-state index in [9.17, 15) is 14.4 Å². The molecule has 0 radical (unpaired) electrons. The quantitative estimate of drug-likeness (QED) is 0.851. The summed E-state index contributed by atoms with van der Waals surface area (Å²) in [7, 11) is 1.62. The molecule has 1 aromatic carbocycles. The number of amides is 2. The third-order valence-electron chi connectivity index (χ3n) is 4.79. The van der Waals surface area contributed by atoms with Gasteiger partial charge in [-0.1, -0.05) is 24.3 Å². The molecule has 1 atom stereocenters. The van der Waals surface area contributed by atoms with E-state index in [1.807, 2.05) is 31.2 Å². The Balaban J connectivity index is 1.82. The van der Waals surface area contributed by atoms with Gasteiger partial charge in [0.05, 0.1) is 12.5 Å². The van der Waals surface area contributed by atoms with E-state index in [0.717, 1.165) is 11.1 Å². The third kappa shape index (κ3) is 5.31.